The lowest BCUT2D eigenvalue weighted by Crippen LogP contribution is -2.51. The van der Waals surface area contributed by atoms with E-state index in [1.807, 2.05) is 7.11 Å². The van der Waals surface area contributed by atoms with Gasteiger partial charge in [-0.15, -0.1) is 0 Å². The van der Waals surface area contributed by atoms with Gasteiger partial charge in [0.2, 0.25) is 0 Å². The standard InChI is InChI=1S/C17H35NO/c1-8-15(19-7)13-17(5,6)18-11-9-14(10-12-18)16(2,3)4/h14-15H,8-13H2,1-7H3. The van der Waals surface area contributed by atoms with Crippen molar-refractivity contribution in [2.45, 2.75) is 78.9 Å². The van der Waals surface area contributed by atoms with E-state index in [9.17, 15) is 0 Å². The van der Waals surface area contributed by atoms with Crippen molar-refractivity contribution >= 4 is 0 Å². The fourth-order valence-electron chi connectivity index (χ4n) is 3.43. The minimum Gasteiger partial charge on any atom is -0.381 e. The van der Waals surface area contributed by atoms with E-state index < -0.39 is 0 Å². The lowest BCUT2D eigenvalue weighted by Gasteiger charge is -2.46. The van der Waals surface area contributed by atoms with Crippen LogP contribution in [0.3, 0.4) is 0 Å². The number of hydrogen-bond acceptors (Lipinski definition) is 2. The van der Waals surface area contributed by atoms with Crippen LogP contribution in [-0.4, -0.2) is 36.7 Å². The predicted molar refractivity (Wildman–Crippen MR) is 83.5 cm³/mol. The van der Waals surface area contributed by atoms with Gasteiger partial charge in [0, 0.05) is 12.6 Å². The summed E-state index contributed by atoms with van der Waals surface area (Å²) in [4.78, 5) is 2.68. The molecule has 1 unspecified atom stereocenters. The van der Waals surface area contributed by atoms with E-state index in [2.05, 4.69) is 46.4 Å². The molecule has 0 N–H and O–H groups in total. The smallest absolute Gasteiger partial charge is 0.0586 e. The minimum absolute atomic E-state index is 0.263. The van der Waals surface area contributed by atoms with Crippen molar-refractivity contribution in [2.24, 2.45) is 11.3 Å². The third kappa shape index (κ3) is 4.75. The molecule has 0 radical (unpaired) electrons. The predicted octanol–water partition coefficient (Wildman–Crippen LogP) is 4.34. The zero-order chi connectivity index (χ0) is 14.7. The van der Waals surface area contributed by atoms with Crippen LogP contribution in [0.4, 0.5) is 0 Å². The fourth-order valence-corrected chi connectivity index (χ4v) is 3.43. The molecule has 2 nitrogen and oxygen atoms in total. The summed E-state index contributed by atoms with van der Waals surface area (Å²) in [6.45, 7) is 16.6. The molecular formula is C17H35NO. The molecule has 1 heterocycles. The van der Waals surface area contributed by atoms with Gasteiger partial charge in [-0.05, 0) is 64.0 Å². The van der Waals surface area contributed by atoms with Gasteiger partial charge < -0.3 is 4.74 Å². The number of ether oxygens (including phenoxy) is 1. The summed E-state index contributed by atoms with van der Waals surface area (Å²) < 4.78 is 5.57. The monoisotopic (exact) mass is 269 g/mol. The first-order valence-corrected chi connectivity index (χ1v) is 7.98. The van der Waals surface area contributed by atoms with Crippen LogP contribution in [-0.2, 0) is 4.74 Å². The Bertz CT molecular complexity index is 255. The minimum atomic E-state index is 0.263. The highest BCUT2D eigenvalue weighted by molar-refractivity contribution is 4.89. The van der Waals surface area contributed by atoms with Gasteiger partial charge in [-0.2, -0.15) is 0 Å². The quantitative estimate of drug-likeness (QED) is 0.736. The topological polar surface area (TPSA) is 12.5 Å². The molecule has 1 atom stereocenters. The van der Waals surface area contributed by atoms with Crippen molar-refractivity contribution < 1.29 is 4.74 Å². The van der Waals surface area contributed by atoms with Crippen molar-refractivity contribution in [1.82, 2.24) is 4.90 Å². The highest BCUT2D eigenvalue weighted by Crippen LogP contribution is 2.37. The highest BCUT2D eigenvalue weighted by Gasteiger charge is 2.35. The zero-order valence-corrected chi connectivity index (χ0v) is 14.3. The molecule has 0 aromatic heterocycles. The number of rotatable bonds is 5. The van der Waals surface area contributed by atoms with Crippen molar-refractivity contribution in [3.63, 3.8) is 0 Å². The Morgan fingerprint density at radius 3 is 2.00 bits per heavy atom. The Hall–Kier alpha value is -0.0800. The molecule has 1 aliphatic heterocycles. The molecule has 0 aromatic carbocycles. The molecule has 0 amide bonds. The van der Waals surface area contributed by atoms with Gasteiger partial charge in [-0.25, -0.2) is 0 Å². The lowest BCUT2D eigenvalue weighted by molar-refractivity contribution is -0.00178. The first-order valence-electron chi connectivity index (χ1n) is 7.98. The van der Waals surface area contributed by atoms with Gasteiger partial charge in [0.25, 0.3) is 0 Å². The molecule has 2 heteroatoms. The summed E-state index contributed by atoms with van der Waals surface area (Å²) in [5.74, 6) is 0.879. The molecule has 0 bridgehead atoms. The van der Waals surface area contributed by atoms with Gasteiger partial charge in [0.1, 0.15) is 0 Å². The van der Waals surface area contributed by atoms with E-state index in [4.69, 9.17) is 4.74 Å². The van der Waals surface area contributed by atoms with Crippen LogP contribution in [0.15, 0.2) is 0 Å². The normalized spacial score (nSPS) is 21.6. The average molecular weight is 269 g/mol. The van der Waals surface area contributed by atoms with Gasteiger partial charge in [0.05, 0.1) is 6.10 Å². The van der Waals surface area contributed by atoms with Gasteiger partial charge in [-0.1, -0.05) is 27.7 Å². The second kappa shape index (κ2) is 6.58. The van der Waals surface area contributed by atoms with E-state index in [1.165, 1.54) is 25.9 Å². The van der Waals surface area contributed by atoms with Gasteiger partial charge in [-0.3, -0.25) is 4.90 Å². The maximum absolute atomic E-state index is 5.57. The second-order valence-corrected chi connectivity index (χ2v) is 7.91. The van der Waals surface area contributed by atoms with E-state index in [-0.39, 0.29) is 5.54 Å². The fraction of sp³-hybridized carbons (Fsp3) is 1.00. The Morgan fingerprint density at radius 2 is 1.63 bits per heavy atom. The maximum atomic E-state index is 5.57. The van der Waals surface area contributed by atoms with Gasteiger partial charge >= 0.3 is 0 Å². The summed E-state index contributed by atoms with van der Waals surface area (Å²) in [6.07, 6.45) is 5.33. The molecule has 0 aromatic rings. The Balaban J connectivity index is 2.53. The third-order valence-electron chi connectivity index (χ3n) is 5.09. The summed E-state index contributed by atoms with van der Waals surface area (Å²) in [5, 5.41) is 0. The van der Waals surface area contributed by atoms with Crippen molar-refractivity contribution in [1.29, 1.82) is 0 Å². The second-order valence-electron chi connectivity index (χ2n) is 7.91. The summed E-state index contributed by atoms with van der Waals surface area (Å²) in [5.41, 5.74) is 0.730. The summed E-state index contributed by atoms with van der Waals surface area (Å²) in [7, 11) is 1.84. The molecule has 0 aliphatic carbocycles. The largest absolute Gasteiger partial charge is 0.381 e. The number of likely N-dealkylation sites (tertiary alicyclic amines) is 1. The number of piperidine rings is 1. The highest BCUT2D eigenvalue weighted by atomic mass is 16.5. The van der Waals surface area contributed by atoms with Crippen molar-refractivity contribution in [2.75, 3.05) is 20.2 Å². The molecule has 0 saturated carbocycles. The molecule has 0 spiro atoms. The number of nitrogens with zero attached hydrogens (tertiary/aromatic N) is 1. The number of methoxy groups -OCH3 is 1. The number of hydrogen-bond donors (Lipinski definition) is 0. The molecule has 19 heavy (non-hydrogen) atoms. The SMILES string of the molecule is CCC(CC(C)(C)N1CCC(C(C)(C)C)CC1)OC. The Labute approximate surface area is 120 Å². The first-order chi connectivity index (χ1) is 8.70. The molecule has 1 fully saturated rings. The van der Waals surface area contributed by atoms with E-state index in [0.29, 0.717) is 11.5 Å². The summed E-state index contributed by atoms with van der Waals surface area (Å²) >= 11 is 0. The van der Waals surface area contributed by atoms with Crippen LogP contribution >= 0.6 is 0 Å². The van der Waals surface area contributed by atoms with Crippen LogP contribution in [0.25, 0.3) is 0 Å². The third-order valence-corrected chi connectivity index (χ3v) is 5.09. The van der Waals surface area contributed by atoms with Gasteiger partial charge in [0.15, 0.2) is 0 Å². The van der Waals surface area contributed by atoms with E-state index in [1.54, 1.807) is 0 Å². The first kappa shape index (κ1) is 17.0. The maximum Gasteiger partial charge on any atom is 0.0586 e. The van der Waals surface area contributed by atoms with E-state index in [0.717, 1.165) is 18.8 Å². The Morgan fingerprint density at radius 1 is 1.11 bits per heavy atom. The van der Waals surface area contributed by atoms with Crippen molar-refractivity contribution in [3.8, 4) is 0 Å². The molecule has 1 rings (SSSR count). The van der Waals surface area contributed by atoms with E-state index >= 15 is 0 Å². The average Bonchev–Trinajstić information content (AvgIpc) is 2.35. The molecule has 114 valence electrons. The van der Waals surface area contributed by atoms with Crippen LogP contribution < -0.4 is 0 Å². The van der Waals surface area contributed by atoms with Crippen molar-refractivity contribution in [3.05, 3.63) is 0 Å². The molecule has 1 saturated heterocycles. The van der Waals surface area contributed by atoms with Crippen LogP contribution in [0, 0.1) is 11.3 Å². The lowest BCUT2D eigenvalue weighted by atomic mass is 9.74. The summed E-state index contributed by atoms with van der Waals surface area (Å²) in [6, 6.07) is 0. The van der Waals surface area contributed by atoms with Crippen LogP contribution in [0.2, 0.25) is 0 Å². The van der Waals surface area contributed by atoms with Crippen LogP contribution in [0.1, 0.15) is 67.2 Å². The molecule has 1 aliphatic rings. The zero-order valence-electron chi connectivity index (χ0n) is 14.3. The van der Waals surface area contributed by atoms with Crippen LogP contribution in [0.5, 0.6) is 0 Å². The Kier molecular flexibility index (Phi) is 5.88. The molecular weight excluding hydrogens is 234 g/mol.